The molecular weight excluding hydrogens is 1100 g/mol. The molecule has 0 aromatic carbocycles. The molecule has 0 spiro atoms. The Morgan fingerprint density at radius 1 is 0.448 bits per heavy atom. The molecule has 10 fully saturated rings. The zero-order chi connectivity index (χ0) is 61.1. The van der Waals surface area contributed by atoms with E-state index in [1.165, 1.54) is 5.57 Å². The van der Waals surface area contributed by atoms with E-state index in [-0.39, 0.29) is 81.2 Å². The standard InChI is InChI=1S/C9H12O2.C9H11O2.C9H10O2.C9H14O2.C9H12O2.C9H14O2.C9H12O2.C9H10O/c3*10-7-3-6-8-4-1-2-5-9(7,8)11-8;2*10-8-5-4-7-3-1-2-6-9(7,8)11;2*10-8-4-6-9(11)5-2-1-3-7(8)9;10-9-6-5-7-3-1-2-4-8(7)9/h1-2,7,10H,3-6H2;1-3,7,10H,4-6H2;1-2H,3-6H2;1-2,7-8,10-11H,3-6H2;1-2,7,11H,3-6H2;1-2,7-8,10-11H,3-6H2;1-2,7,11H,3-6H2;1-2H,3-6H2/q;+1;;;;;;/t7-,8-,9+;7-,8+,9-;;7-,8+,9-;7-,9-;7-,8+,9+;7-,9+;/m10.1100./s1. The van der Waals surface area contributed by atoms with Gasteiger partial charge in [-0.2, -0.15) is 0 Å². The Bertz CT molecular complexity index is 2860. The molecule has 18 atom stereocenters. The van der Waals surface area contributed by atoms with Gasteiger partial charge in [0, 0.05) is 57.3 Å². The minimum Gasteiger partial charge on any atom is -0.393 e. The molecular formula is C72H95O15+. The fraction of sp³-hybridized carbons (Fsp3) is 0.681. The normalized spacial score (nSPS) is 47.4. The van der Waals surface area contributed by atoms with Gasteiger partial charge in [0.2, 0.25) is 6.10 Å². The quantitative estimate of drug-likeness (QED) is 0.0640. The van der Waals surface area contributed by atoms with Gasteiger partial charge < -0.3 is 55.1 Å². The van der Waals surface area contributed by atoms with Crippen molar-refractivity contribution >= 4 is 23.1 Å². The highest BCUT2D eigenvalue weighted by Gasteiger charge is 2.82. The summed E-state index contributed by atoms with van der Waals surface area (Å²) < 4.78 is 16.9. The van der Waals surface area contributed by atoms with E-state index in [9.17, 15) is 60.0 Å². The van der Waals surface area contributed by atoms with Crippen LogP contribution in [0, 0.1) is 30.1 Å². The molecule has 19 rings (SSSR count). The predicted molar refractivity (Wildman–Crippen MR) is 325 cm³/mol. The summed E-state index contributed by atoms with van der Waals surface area (Å²) in [6.07, 6.45) is 59.8. The van der Waals surface area contributed by atoms with Crippen LogP contribution in [0.1, 0.15) is 199 Å². The van der Waals surface area contributed by atoms with Gasteiger partial charge in [-0.1, -0.05) is 103 Å². The maximum atomic E-state index is 11.4. The number of ether oxygens (including phenoxy) is 3. The SMILES string of the molecule is O=C1CCC23CC=CCC12O3.O=C1CCC2=C1CC=CC2.O=C1CC[C@H]2CC=CC[C@]12O.O=C1CC[C@]2(O)CC=CC[C@@H]12.O[C@@H]1CC[C@]2(O)CC=CC[C@@H]12.O[C@@H]1CC[C@]23CC=CC[C@]12O3.O[C@H]1CC[C@H]2CC=CC[C@@]21O.O[C@H]1[CH+]C[C@]23CC=CC[C@]12O3. The number of aliphatic hydroxyl groups excluding tert-OH is 4. The summed E-state index contributed by atoms with van der Waals surface area (Å²) in [7, 11) is 0. The van der Waals surface area contributed by atoms with Crippen LogP contribution in [0.25, 0.3) is 0 Å². The van der Waals surface area contributed by atoms with Crippen molar-refractivity contribution in [1.82, 2.24) is 0 Å². The number of epoxide rings is 3. The van der Waals surface area contributed by atoms with Crippen LogP contribution in [0.4, 0.5) is 0 Å². The largest absolute Gasteiger partial charge is 0.393 e. The molecule has 0 amide bonds. The third-order valence-electron chi connectivity index (χ3n) is 24.3. The van der Waals surface area contributed by atoms with Crippen molar-refractivity contribution in [3.05, 3.63) is 115 Å². The second-order valence-corrected chi connectivity index (χ2v) is 28.7. The molecule has 8 N–H and O–H groups in total. The monoisotopic (exact) mass is 1200 g/mol. The van der Waals surface area contributed by atoms with Crippen molar-refractivity contribution in [2.45, 2.75) is 279 Å². The number of allylic oxidation sites excluding steroid dienone is 8. The maximum Gasteiger partial charge on any atom is 0.227 e. The molecule has 7 saturated carbocycles. The molecule has 3 saturated heterocycles. The van der Waals surface area contributed by atoms with Crippen molar-refractivity contribution in [1.29, 1.82) is 0 Å². The van der Waals surface area contributed by atoms with Crippen molar-refractivity contribution in [3.63, 3.8) is 0 Å². The van der Waals surface area contributed by atoms with E-state index in [1.807, 2.05) is 36.8 Å². The van der Waals surface area contributed by atoms with E-state index >= 15 is 0 Å². The van der Waals surface area contributed by atoms with Gasteiger partial charge in [-0.15, -0.1) is 0 Å². The van der Waals surface area contributed by atoms with E-state index in [0.717, 1.165) is 166 Å². The van der Waals surface area contributed by atoms with Gasteiger partial charge in [0.1, 0.15) is 46.6 Å². The number of Topliss-reactive ketones (excluding diaryl/α,β-unsaturated/α-hetero) is 4. The fourth-order valence-corrected chi connectivity index (χ4v) is 18.3. The van der Waals surface area contributed by atoms with Crippen molar-refractivity contribution in [2.24, 2.45) is 23.7 Å². The Hall–Kier alpha value is -4.23. The van der Waals surface area contributed by atoms with Crippen LogP contribution < -0.4 is 0 Å². The smallest absolute Gasteiger partial charge is 0.227 e. The first-order chi connectivity index (χ1) is 41.7. The topological polar surface area (TPSA) is 268 Å². The molecule has 0 aromatic rings. The summed E-state index contributed by atoms with van der Waals surface area (Å²) >= 11 is 0. The second kappa shape index (κ2) is 24.1. The number of fused-ring (bicyclic) bond motifs is 4. The molecule has 15 nitrogen and oxygen atoms in total. The molecule has 2 unspecified atom stereocenters. The molecule has 19 aliphatic rings. The van der Waals surface area contributed by atoms with Gasteiger partial charge >= 0.3 is 0 Å². The van der Waals surface area contributed by atoms with Gasteiger partial charge in [-0.05, 0) is 159 Å². The predicted octanol–water partition coefficient (Wildman–Crippen LogP) is 8.78. The summed E-state index contributed by atoms with van der Waals surface area (Å²) in [4.78, 5) is 45.0. The average Bonchev–Trinajstić information content (AvgIpc) is 1.54. The average molecular weight is 1200 g/mol. The van der Waals surface area contributed by atoms with Gasteiger partial charge in [0.25, 0.3) is 0 Å². The lowest BCUT2D eigenvalue weighted by Crippen LogP contribution is -2.43. The van der Waals surface area contributed by atoms with Crippen LogP contribution in [-0.4, -0.2) is 144 Å². The number of carbonyl (C=O) groups excluding carboxylic acids is 4. The van der Waals surface area contributed by atoms with Crippen molar-refractivity contribution in [2.75, 3.05) is 0 Å². The first-order valence-corrected chi connectivity index (χ1v) is 33.3. The third kappa shape index (κ3) is 11.2. The fourth-order valence-electron chi connectivity index (χ4n) is 18.3. The highest BCUT2D eigenvalue weighted by atomic mass is 16.7. The van der Waals surface area contributed by atoms with Crippen LogP contribution >= 0.6 is 0 Å². The summed E-state index contributed by atoms with van der Waals surface area (Å²) in [6.45, 7) is 0. The Kier molecular flexibility index (Phi) is 17.4. The summed E-state index contributed by atoms with van der Waals surface area (Å²) in [6, 6.07) is 0. The van der Waals surface area contributed by atoms with Gasteiger partial charge in [0.15, 0.2) is 28.6 Å². The molecule has 472 valence electrons. The minimum absolute atomic E-state index is 0.0150. The first-order valence-electron chi connectivity index (χ1n) is 33.3. The molecule has 3 heterocycles. The van der Waals surface area contributed by atoms with E-state index in [2.05, 4.69) is 66.8 Å². The van der Waals surface area contributed by atoms with E-state index in [4.69, 9.17) is 14.2 Å². The van der Waals surface area contributed by atoms with Gasteiger partial charge in [-0.3, -0.25) is 19.2 Å². The van der Waals surface area contributed by atoms with Gasteiger partial charge in [-0.25, -0.2) is 0 Å². The summed E-state index contributed by atoms with van der Waals surface area (Å²) in [5.74, 6) is 1.55. The molecule has 15 heteroatoms. The second-order valence-electron chi connectivity index (χ2n) is 28.7. The molecule has 16 aliphatic carbocycles. The molecule has 0 bridgehead atoms. The minimum atomic E-state index is -0.977. The lowest BCUT2D eigenvalue weighted by molar-refractivity contribution is -0.136. The number of aliphatic hydroxyl groups is 8. The van der Waals surface area contributed by atoms with Crippen molar-refractivity contribution in [3.8, 4) is 0 Å². The third-order valence-corrected chi connectivity index (χ3v) is 24.3. The van der Waals surface area contributed by atoms with Crippen molar-refractivity contribution < 1.29 is 74.2 Å². The highest BCUT2D eigenvalue weighted by molar-refractivity contribution is 5.99. The first kappa shape index (κ1) is 62.9. The van der Waals surface area contributed by atoms with Crippen LogP contribution in [-0.2, 0) is 33.4 Å². The Labute approximate surface area is 513 Å². The van der Waals surface area contributed by atoms with Crippen LogP contribution in [0.5, 0.6) is 0 Å². The highest BCUT2D eigenvalue weighted by Crippen LogP contribution is 2.66. The van der Waals surface area contributed by atoms with E-state index in [0.29, 0.717) is 56.0 Å². The van der Waals surface area contributed by atoms with Crippen LogP contribution in [0.2, 0.25) is 0 Å². The number of ketones is 4. The Morgan fingerprint density at radius 3 is 1.80 bits per heavy atom. The summed E-state index contributed by atoms with van der Waals surface area (Å²) in [5, 5.41) is 78.0. The molecule has 3 aliphatic heterocycles. The molecule has 0 radical (unpaired) electrons. The number of rotatable bonds is 0. The zero-order valence-corrected chi connectivity index (χ0v) is 50.8. The van der Waals surface area contributed by atoms with Gasteiger partial charge in [0.05, 0.1) is 41.0 Å². The maximum absolute atomic E-state index is 11.4. The molecule has 87 heavy (non-hydrogen) atoms. The lowest BCUT2D eigenvalue weighted by atomic mass is 9.80. The lowest BCUT2D eigenvalue weighted by Gasteiger charge is -2.33. The zero-order valence-electron chi connectivity index (χ0n) is 50.8. The Balaban J connectivity index is 0.0000000971. The van der Waals surface area contributed by atoms with Crippen LogP contribution in [0.15, 0.2) is 108 Å². The van der Waals surface area contributed by atoms with E-state index < -0.39 is 28.5 Å². The molecule has 0 aromatic heterocycles. The van der Waals surface area contributed by atoms with E-state index in [1.54, 1.807) is 0 Å². The van der Waals surface area contributed by atoms with Crippen LogP contribution in [0.3, 0.4) is 0 Å². The summed E-state index contributed by atoms with van der Waals surface area (Å²) in [5.41, 5.74) is -1.11. The number of hydrogen-bond donors (Lipinski definition) is 8. The number of carbonyl (C=O) groups is 4. The Morgan fingerprint density at radius 2 is 1.09 bits per heavy atom. The number of hydrogen-bond acceptors (Lipinski definition) is 15.